The molecule has 1 aliphatic rings. The second kappa shape index (κ2) is 5.25. The van der Waals surface area contributed by atoms with E-state index in [9.17, 15) is 4.79 Å². The fourth-order valence-electron chi connectivity index (χ4n) is 2.39. The Morgan fingerprint density at radius 1 is 1.15 bits per heavy atom. The summed E-state index contributed by atoms with van der Waals surface area (Å²) >= 11 is 0. The third-order valence-corrected chi connectivity index (χ3v) is 3.39. The first kappa shape index (κ1) is 12.5. The molecule has 0 spiro atoms. The van der Waals surface area contributed by atoms with Crippen LogP contribution in [0.25, 0.3) is 0 Å². The molecule has 0 aromatic heterocycles. The van der Waals surface area contributed by atoms with Crippen molar-refractivity contribution < 1.29 is 14.3 Å². The molecule has 1 amide bonds. The van der Waals surface area contributed by atoms with Crippen molar-refractivity contribution >= 4 is 11.8 Å². The van der Waals surface area contributed by atoms with Crippen molar-refractivity contribution in [3.63, 3.8) is 0 Å². The van der Waals surface area contributed by atoms with Gasteiger partial charge in [-0.15, -0.1) is 0 Å². The number of ether oxygens (including phenoxy) is 2. The Labute approximate surface area is 117 Å². The minimum atomic E-state index is -0.327. The first-order valence-corrected chi connectivity index (χ1v) is 6.44. The SMILES string of the molecule is COc1cccc(N2C(=O)OC[C@@H]2c2ccccc2)c1. The molecular weight excluding hydrogens is 254 g/mol. The van der Waals surface area contributed by atoms with Crippen LogP contribution < -0.4 is 9.64 Å². The summed E-state index contributed by atoms with van der Waals surface area (Å²) in [5.74, 6) is 0.717. The lowest BCUT2D eigenvalue weighted by Crippen LogP contribution is -2.27. The van der Waals surface area contributed by atoms with Gasteiger partial charge in [0.05, 0.1) is 18.8 Å². The maximum absolute atomic E-state index is 12.0. The van der Waals surface area contributed by atoms with Gasteiger partial charge in [0.15, 0.2) is 0 Å². The largest absolute Gasteiger partial charge is 0.497 e. The number of rotatable bonds is 3. The minimum Gasteiger partial charge on any atom is -0.497 e. The molecule has 1 fully saturated rings. The summed E-state index contributed by atoms with van der Waals surface area (Å²) in [6, 6.07) is 17.2. The lowest BCUT2D eigenvalue weighted by atomic mass is 10.1. The van der Waals surface area contributed by atoms with Crippen LogP contribution in [0.2, 0.25) is 0 Å². The highest BCUT2D eigenvalue weighted by Gasteiger charge is 2.35. The highest BCUT2D eigenvalue weighted by molar-refractivity contribution is 5.90. The Hall–Kier alpha value is -2.49. The summed E-state index contributed by atoms with van der Waals surface area (Å²) in [5, 5.41) is 0. The van der Waals surface area contributed by atoms with E-state index in [0.29, 0.717) is 12.4 Å². The number of carbonyl (C=O) groups is 1. The minimum absolute atomic E-state index is 0.101. The Balaban J connectivity index is 1.98. The lowest BCUT2D eigenvalue weighted by Gasteiger charge is -2.22. The second-order valence-electron chi connectivity index (χ2n) is 4.57. The van der Waals surface area contributed by atoms with Gasteiger partial charge >= 0.3 is 6.09 Å². The van der Waals surface area contributed by atoms with E-state index >= 15 is 0 Å². The van der Waals surface area contributed by atoms with Gasteiger partial charge < -0.3 is 9.47 Å². The van der Waals surface area contributed by atoms with Crippen LogP contribution >= 0.6 is 0 Å². The van der Waals surface area contributed by atoms with Crippen molar-refractivity contribution in [3.8, 4) is 5.75 Å². The smallest absolute Gasteiger partial charge is 0.415 e. The molecule has 0 bridgehead atoms. The first-order valence-electron chi connectivity index (χ1n) is 6.44. The van der Waals surface area contributed by atoms with Gasteiger partial charge in [-0.2, -0.15) is 0 Å². The molecule has 0 aliphatic carbocycles. The number of hydrogen-bond acceptors (Lipinski definition) is 3. The number of anilines is 1. The summed E-state index contributed by atoms with van der Waals surface area (Å²) < 4.78 is 10.4. The average Bonchev–Trinajstić information content (AvgIpc) is 2.90. The molecule has 0 saturated carbocycles. The molecular formula is C16H15NO3. The van der Waals surface area contributed by atoms with Crippen molar-refractivity contribution in [3.05, 3.63) is 60.2 Å². The summed E-state index contributed by atoms with van der Waals surface area (Å²) in [6.07, 6.45) is -0.327. The van der Waals surface area contributed by atoms with Gasteiger partial charge in [-0.05, 0) is 17.7 Å². The van der Waals surface area contributed by atoms with Crippen LogP contribution in [0.1, 0.15) is 11.6 Å². The Morgan fingerprint density at radius 3 is 2.70 bits per heavy atom. The maximum Gasteiger partial charge on any atom is 0.415 e. The zero-order valence-corrected chi connectivity index (χ0v) is 11.2. The molecule has 1 saturated heterocycles. The molecule has 2 aromatic carbocycles. The van der Waals surface area contributed by atoms with E-state index in [0.717, 1.165) is 11.3 Å². The van der Waals surface area contributed by atoms with Crippen molar-refractivity contribution in [1.82, 2.24) is 0 Å². The van der Waals surface area contributed by atoms with Gasteiger partial charge in [0.2, 0.25) is 0 Å². The fraction of sp³-hybridized carbons (Fsp3) is 0.188. The zero-order chi connectivity index (χ0) is 13.9. The van der Waals surface area contributed by atoms with Crippen LogP contribution in [0.4, 0.5) is 10.5 Å². The topological polar surface area (TPSA) is 38.8 Å². The van der Waals surface area contributed by atoms with Crippen LogP contribution in [0, 0.1) is 0 Å². The summed E-state index contributed by atoms with van der Waals surface area (Å²) in [7, 11) is 1.61. The normalized spacial score (nSPS) is 17.9. The molecule has 3 rings (SSSR count). The van der Waals surface area contributed by atoms with Crippen LogP contribution in [-0.4, -0.2) is 19.8 Å². The maximum atomic E-state index is 12.0. The number of carbonyl (C=O) groups excluding carboxylic acids is 1. The number of amides is 1. The average molecular weight is 269 g/mol. The summed E-state index contributed by atoms with van der Waals surface area (Å²) in [5.41, 5.74) is 1.84. The fourth-order valence-corrected chi connectivity index (χ4v) is 2.39. The number of benzene rings is 2. The van der Waals surface area contributed by atoms with Crippen LogP contribution in [0.5, 0.6) is 5.75 Å². The van der Waals surface area contributed by atoms with Crippen LogP contribution in [0.15, 0.2) is 54.6 Å². The molecule has 4 heteroatoms. The van der Waals surface area contributed by atoms with E-state index in [1.165, 1.54) is 0 Å². The number of cyclic esters (lactones) is 1. The molecule has 4 nitrogen and oxygen atoms in total. The van der Waals surface area contributed by atoms with Gasteiger partial charge in [0.1, 0.15) is 12.4 Å². The van der Waals surface area contributed by atoms with Gasteiger partial charge in [-0.3, -0.25) is 4.90 Å². The van der Waals surface area contributed by atoms with E-state index < -0.39 is 0 Å². The van der Waals surface area contributed by atoms with Crippen LogP contribution in [0.3, 0.4) is 0 Å². The van der Waals surface area contributed by atoms with Gasteiger partial charge in [-0.1, -0.05) is 36.4 Å². The lowest BCUT2D eigenvalue weighted by molar-refractivity contribution is 0.179. The molecule has 0 N–H and O–H groups in total. The third kappa shape index (κ3) is 2.20. The Kier molecular flexibility index (Phi) is 3.29. The van der Waals surface area contributed by atoms with Gasteiger partial charge in [-0.25, -0.2) is 4.79 Å². The van der Waals surface area contributed by atoms with Crippen LogP contribution in [-0.2, 0) is 4.74 Å². The molecule has 102 valence electrons. The van der Waals surface area contributed by atoms with Gasteiger partial charge in [0.25, 0.3) is 0 Å². The Morgan fingerprint density at radius 2 is 1.95 bits per heavy atom. The molecule has 1 aliphatic heterocycles. The number of nitrogens with zero attached hydrogens (tertiary/aromatic N) is 1. The third-order valence-electron chi connectivity index (χ3n) is 3.39. The quantitative estimate of drug-likeness (QED) is 0.857. The van der Waals surface area contributed by atoms with Crippen molar-refractivity contribution in [2.45, 2.75) is 6.04 Å². The van der Waals surface area contributed by atoms with E-state index in [4.69, 9.17) is 9.47 Å². The zero-order valence-electron chi connectivity index (χ0n) is 11.2. The van der Waals surface area contributed by atoms with E-state index in [1.807, 2.05) is 54.6 Å². The predicted molar refractivity (Wildman–Crippen MR) is 76.0 cm³/mol. The van der Waals surface area contributed by atoms with E-state index in [1.54, 1.807) is 12.0 Å². The molecule has 0 radical (unpaired) electrons. The number of methoxy groups -OCH3 is 1. The first-order chi connectivity index (χ1) is 9.79. The van der Waals surface area contributed by atoms with Crippen molar-refractivity contribution in [2.75, 3.05) is 18.6 Å². The molecule has 1 heterocycles. The second-order valence-corrected chi connectivity index (χ2v) is 4.57. The van der Waals surface area contributed by atoms with Gasteiger partial charge in [0, 0.05) is 6.07 Å². The summed E-state index contributed by atoms with van der Waals surface area (Å²) in [4.78, 5) is 13.7. The van der Waals surface area contributed by atoms with Crippen molar-refractivity contribution in [1.29, 1.82) is 0 Å². The standard InChI is InChI=1S/C16H15NO3/c1-19-14-9-5-8-13(10-14)17-15(11-20-16(17)18)12-6-3-2-4-7-12/h2-10,15H,11H2,1H3/t15-/m1/s1. The molecule has 0 unspecified atom stereocenters. The molecule has 2 aromatic rings. The van der Waals surface area contributed by atoms with Crippen molar-refractivity contribution in [2.24, 2.45) is 0 Å². The molecule has 1 atom stereocenters. The predicted octanol–water partition coefficient (Wildman–Crippen LogP) is 3.39. The molecule has 20 heavy (non-hydrogen) atoms. The highest BCUT2D eigenvalue weighted by atomic mass is 16.6. The van der Waals surface area contributed by atoms with E-state index in [-0.39, 0.29) is 12.1 Å². The Bertz CT molecular complexity index is 612. The number of hydrogen-bond donors (Lipinski definition) is 0. The summed E-state index contributed by atoms with van der Waals surface area (Å²) in [6.45, 7) is 0.361. The van der Waals surface area contributed by atoms with E-state index in [2.05, 4.69) is 0 Å². The highest BCUT2D eigenvalue weighted by Crippen LogP contribution is 2.34. The monoisotopic (exact) mass is 269 g/mol.